The Morgan fingerprint density at radius 3 is 2.55 bits per heavy atom. The summed E-state index contributed by atoms with van der Waals surface area (Å²) in [5, 5.41) is 9.79. The third-order valence-corrected chi connectivity index (χ3v) is 6.50. The molecule has 3 aromatic rings. The number of hydrogen-bond acceptors (Lipinski definition) is 9. The molecule has 1 amide bonds. The van der Waals surface area contributed by atoms with Crippen LogP contribution < -0.4 is 14.5 Å². The summed E-state index contributed by atoms with van der Waals surface area (Å²) < 4.78 is 11.6. The van der Waals surface area contributed by atoms with Crippen LogP contribution in [0.25, 0.3) is 9.53 Å². The second kappa shape index (κ2) is 10.2. The van der Waals surface area contributed by atoms with E-state index in [-0.39, 0.29) is 13.0 Å². The monoisotopic (exact) mass is 458 g/mol. The summed E-state index contributed by atoms with van der Waals surface area (Å²) in [6, 6.07) is 10.8. The largest absolute Gasteiger partial charge is 0.494 e. The fourth-order valence-electron chi connectivity index (χ4n) is 2.74. The Balaban J connectivity index is 1.66. The van der Waals surface area contributed by atoms with Crippen molar-refractivity contribution in [2.75, 3.05) is 43.7 Å². The molecule has 0 aliphatic heterocycles. The quantitative estimate of drug-likeness (QED) is 0.448. The van der Waals surface area contributed by atoms with Crippen LogP contribution in [-0.2, 0) is 9.53 Å². The number of ether oxygens (including phenoxy) is 2. The number of carbonyl (C=O) groups excluding carboxylic acids is 2. The maximum atomic E-state index is 12.7. The molecule has 0 N–H and O–H groups in total. The van der Waals surface area contributed by atoms with Crippen LogP contribution in [0.15, 0.2) is 30.3 Å². The van der Waals surface area contributed by atoms with E-state index in [0.29, 0.717) is 22.9 Å². The molecule has 0 spiro atoms. The van der Waals surface area contributed by atoms with Crippen LogP contribution in [0.4, 0.5) is 10.8 Å². The number of anilines is 2. The molecule has 0 atom stereocenters. The molecule has 0 fully saturated rings. The van der Waals surface area contributed by atoms with E-state index >= 15 is 0 Å². The Morgan fingerprint density at radius 1 is 1.19 bits per heavy atom. The Hall–Kier alpha value is -3.16. The van der Waals surface area contributed by atoms with Gasteiger partial charge in [0, 0.05) is 26.3 Å². The highest BCUT2D eigenvalue weighted by Crippen LogP contribution is 2.34. The molecule has 0 saturated heterocycles. The van der Waals surface area contributed by atoms with Crippen LogP contribution in [0, 0.1) is 11.3 Å². The summed E-state index contributed by atoms with van der Waals surface area (Å²) in [5.41, 5.74) is 0.608. The zero-order valence-corrected chi connectivity index (χ0v) is 19.1. The maximum absolute atomic E-state index is 12.7. The van der Waals surface area contributed by atoms with Crippen molar-refractivity contribution >= 4 is 54.9 Å². The predicted molar refractivity (Wildman–Crippen MR) is 122 cm³/mol. The third-order valence-electron chi connectivity index (χ3n) is 4.20. The van der Waals surface area contributed by atoms with Crippen molar-refractivity contribution < 1.29 is 19.1 Å². The van der Waals surface area contributed by atoms with Gasteiger partial charge >= 0.3 is 5.97 Å². The topological polar surface area (TPSA) is 95.8 Å². The van der Waals surface area contributed by atoms with Crippen molar-refractivity contribution in [1.29, 1.82) is 5.26 Å². The van der Waals surface area contributed by atoms with Gasteiger partial charge in [0.2, 0.25) is 0 Å². The van der Waals surface area contributed by atoms with E-state index in [1.807, 2.05) is 32.0 Å². The molecule has 31 heavy (non-hydrogen) atoms. The van der Waals surface area contributed by atoms with Crippen molar-refractivity contribution in [2.24, 2.45) is 0 Å². The number of nitrogens with zero attached hydrogens (tertiary/aromatic N) is 4. The first-order valence-electron chi connectivity index (χ1n) is 9.58. The normalized spacial score (nSPS) is 10.5. The first-order valence-corrected chi connectivity index (χ1v) is 11.2. The lowest BCUT2D eigenvalue weighted by molar-refractivity contribution is -0.121. The average Bonchev–Trinajstić information content (AvgIpc) is 3.33. The molecular formula is C21H22N4O4S2. The number of benzene rings is 1. The number of carbonyl (C=O) groups is 2. The zero-order valence-electron chi connectivity index (χ0n) is 17.5. The highest BCUT2D eigenvalue weighted by molar-refractivity contribution is 7.29. The smallest absolute Gasteiger partial charge is 0.348 e. The third kappa shape index (κ3) is 5.51. The van der Waals surface area contributed by atoms with Crippen LogP contribution in [-0.4, -0.2) is 50.7 Å². The van der Waals surface area contributed by atoms with Gasteiger partial charge in [-0.2, -0.15) is 5.26 Å². The number of hydrogen-bond donors (Lipinski definition) is 0. The molecule has 2 aromatic heterocycles. The lowest BCUT2D eigenvalue weighted by Crippen LogP contribution is -2.35. The second-order valence-corrected chi connectivity index (χ2v) is 8.67. The first-order chi connectivity index (χ1) is 14.9. The lowest BCUT2D eigenvalue weighted by Gasteiger charge is -2.22. The van der Waals surface area contributed by atoms with Crippen LogP contribution in [0.5, 0.6) is 5.75 Å². The fraction of sp³-hybridized carbons (Fsp3) is 0.333. The van der Waals surface area contributed by atoms with E-state index in [1.165, 1.54) is 27.6 Å². The minimum atomic E-state index is -0.568. The SMILES string of the molecule is CCOc1ccc(N(CCC#N)C(=O)COC(=O)c2cc3sc(N(C)C)nc3s2)cc1. The lowest BCUT2D eigenvalue weighted by atomic mass is 10.2. The van der Waals surface area contributed by atoms with Crippen LogP contribution >= 0.6 is 22.7 Å². The molecule has 3 rings (SSSR count). The summed E-state index contributed by atoms with van der Waals surface area (Å²) in [6.07, 6.45) is 0.161. The van der Waals surface area contributed by atoms with E-state index < -0.39 is 18.5 Å². The number of thiophene rings is 1. The zero-order chi connectivity index (χ0) is 22.4. The number of fused-ring (bicyclic) bond motifs is 1. The highest BCUT2D eigenvalue weighted by atomic mass is 32.1. The molecule has 0 radical (unpaired) electrons. The first kappa shape index (κ1) is 22.5. The minimum Gasteiger partial charge on any atom is -0.494 e. The number of rotatable bonds is 9. The van der Waals surface area contributed by atoms with Gasteiger partial charge in [0.25, 0.3) is 5.91 Å². The van der Waals surface area contributed by atoms with E-state index in [4.69, 9.17) is 14.7 Å². The standard InChI is InChI=1S/C21H22N4O4S2/c1-4-28-15-8-6-14(7-9-15)25(11-5-10-22)18(26)13-29-20(27)17-12-16-19(30-17)23-21(31-16)24(2)3/h6-9,12H,4-5,11,13H2,1-3H3. The summed E-state index contributed by atoms with van der Waals surface area (Å²) >= 11 is 2.72. The summed E-state index contributed by atoms with van der Waals surface area (Å²) in [4.78, 5) is 34.1. The molecule has 0 unspecified atom stereocenters. The second-order valence-electron chi connectivity index (χ2n) is 6.63. The molecule has 1 aromatic carbocycles. The van der Waals surface area contributed by atoms with Crippen molar-refractivity contribution in [3.63, 3.8) is 0 Å². The van der Waals surface area contributed by atoms with Gasteiger partial charge in [-0.25, -0.2) is 9.78 Å². The fourth-order valence-corrected chi connectivity index (χ4v) is 4.77. The van der Waals surface area contributed by atoms with Gasteiger partial charge in [-0.1, -0.05) is 11.3 Å². The summed E-state index contributed by atoms with van der Waals surface area (Å²) in [5.74, 6) is -0.282. The number of esters is 1. The van der Waals surface area contributed by atoms with Crippen LogP contribution in [0.2, 0.25) is 0 Å². The van der Waals surface area contributed by atoms with Gasteiger partial charge in [0.05, 0.1) is 23.8 Å². The molecule has 0 bridgehead atoms. The molecule has 0 aliphatic rings. The number of aromatic nitrogens is 1. The predicted octanol–water partition coefficient (Wildman–Crippen LogP) is 3.93. The van der Waals surface area contributed by atoms with Crippen LogP contribution in [0.3, 0.4) is 0 Å². The van der Waals surface area contributed by atoms with Gasteiger partial charge in [-0.3, -0.25) is 4.79 Å². The van der Waals surface area contributed by atoms with Crippen LogP contribution in [0.1, 0.15) is 23.0 Å². The molecule has 10 heteroatoms. The Morgan fingerprint density at radius 2 is 1.94 bits per heavy atom. The Kier molecular flexibility index (Phi) is 7.44. The molecule has 0 aliphatic carbocycles. The van der Waals surface area contributed by atoms with Gasteiger partial charge in [-0.05, 0) is 37.3 Å². The van der Waals surface area contributed by atoms with Crippen molar-refractivity contribution in [3.05, 3.63) is 35.2 Å². The van der Waals surface area contributed by atoms with Crippen molar-refractivity contribution in [1.82, 2.24) is 4.98 Å². The van der Waals surface area contributed by atoms with Gasteiger partial charge in [0.1, 0.15) is 15.5 Å². The Labute approximate surface area is 188 Å². The summed E-state index contributed by atoms with van der Waals surface area (Å²) in [6.45, 7) is 2.21. The highest BCUT2D eigenvalue weighted by Gasteiger charge is 2.20. The van der Waals surface area contributed by atoms with E-state index in [1.54, 1.807) is 30.3 Å². The molecule has 162 valence electrons. The maximum Gasteiger partial charge on any atom is 0.348 e. The van der Waals surface area contributed by atoms with Crippen molar-refractivity contribution in [2.45, 2.75) is 13.3 Å². The summed E-state index contributed by atoms with van der Waals surface area (Å²) in [7, 11) is 3.82. The molecular weight excluding hydrogens is 436 g/mol. The molecule has 0 saturated carbocycles. The Bertz CT molecular complexity index is 1070. The van der Waals surface area contributed by atoms with Gasteiger partial charge < -0.3 is 19.3 Å². The average molecular weight is 459 g/mol. The van der Waals surface area contributed by atoms with Crippen molar-refractivity contribution in [3.8, 4) is 11.8 Å². The van der Waals surface area contributed by atoms with Gasteiger partial charge in [0.15, 0.2) is 11.7 Å². The van der Waals surface area contributed by atoms with E-state index in [0.717, 1.165) is 14.7 Å². The molecule has 2 heterocycles. The number of thiazole rings is 1. The van der Waals surface area contributed by atoms with E-state index in [9.17, 15) is 9.59 Å². The minimum absolute atomic E-state index is 0.161. The number of nitriles is 1. The van der Waals surface area contributed by atoms with E-state index in [2.05, 4.69) is 4.98 Å². The van der Waals surface area contributed by atoms with Gasteiger partial charge in [-0.15, -0.1) is 11.3 Å². The molecule has 8 nitrogen and oxygen atoms in total. The number of amides is 1.